The van der Waals surface area contributed by atoms with Crippen molar-refractivity contribution in [1.29, 1.82) is 0 Å². The molecule has 9 heavy (non-hydrogen) atoms. The lowest BCUT2D eigenvalue weighted by atomic mass is 10.6. The van der Waals surface area contributed by atoms with E-state index in [9.17, 15) is 0 Å². The van der Waals surface area contributed by atoms with E-state index in [4.69, 9.17) is 5.73 Å². The molecule has 0 saturated carbocycles. The van der Waals surface area contributed by atoms with Gasteiger partial charge in [-0.05, 0) is 0 Å². The minimum Gasteiger partial charge on any atom is -0.387 e. The van der Waals surface area contributed by atoms with E-state index in [1.54, 1.807) is 0 Å². The first-order valence-corrected chi connectivity index (χ1v) is 2.63. The molecular formula is C4H4N4S. The zero-order valence-corrected chi connectivity index (χ0v) is 5.30. The van der Waals surface area contributed by atoms with Gasteiger partial charge in [0.1, 0.15) is 17.6 Å². The Morgan fingerprint density at radius 3 is 2.33 bits per heavy atom. The minimum atomic E-state index is 0.192. The predicted octanol–water partition coefficient (Wildman–Crippen LogP) is -0.494. The Hall–Kier alpha value is -1.10. The molecular weight excluding hydrogens is 136 g/mol. The molecule has 2 N–H and O–H groups in total. The summed E-state index contributed by atoms with van der Waals surface area (Å²) in [6, 6.07) is 0. The highest BCUT2D eigenvalue weighted by Gasteiger charge is 1.94. The van der Waals surface area contributed by atoms with Crippen molar-refractivity contribution in [3.63, 3.8) is 0 Å². The van der Waals surface area contributed by atoms with Crippen molar-refractivity contribution in [1.82, 2.24) is 15.0 Å². The van der Waals surface area contributed by atoms with E-state index in [1.807, 2.05) is 0 Å². The average molecular weight is 140 g/mol. The Balaban J connectivity index is 2.98. The molecule has 1 heterocycles. The Morgan fingerprint density at radius 2 is 2.00 bits per heavy atom. The van der Waals surface area contributed by atoms with E-state index in [0.717, 1.165) is 0 Å². The Labute approximate surface area is 57.2 Å². The van der Waals surface area contributed by atoms with Crippen LogP contribution in [0.5, 0.6) is 0 Å². The lowest BCUT2D eigenvalue weighted by Crippen LogP contribution is -2.13. The number of hydrogen-bond acceptors (Lipinski definition) is 4. The normalized spacial score (nSPS) is 8.89. The smallest absolute Gasteiger partial charge is 0.189 e. The summed E-state index contributed by atoms with van der Waals surface area (Å²) in [7, 11) is 0. The molecule has 0 fully saturated rings. The average Bonchev–Trinajstić information content (AvgIpc) is 1.90. The quantitative estimate of drug-likeness (QED) is 0.533. The first kappa shape index (κ1) is 6.03. The first-order valence-electron chi connectivity index (χ1n) is 2.22. The third-order valence-electron chi connectivity index (χ3n) is 0.714. The molecule has 0 atom stereocenters. The second-order valence-electron chi connectivity index (χ2n) is 1.33. The first-order chi connectivity index (χ1) is 4.30. The van der Waals surface area contributed by atoms with Crippen LogP contribution >= 0.6 is 12.2 Å². The Bertz CT molecular complexity index is 209. The van der Waals surface area contributed by atoms with Crippen LogP contribution in [-0.4, -0.2) is 19.9 Å². The highest BCUT2D eigenvalue weighted by atomic mass is 32.1. The van der Waals surface area contributed by atoms with Gasteiger partial charge in [0, 0.05) is 0 Å². The fraction of sp³-hybridized carbons (Fsp3) is 0. The van der Waals surface area contributed by atoms with E-state index in [-0.39, 0.29) is 4.99 Å². The molecule has 1 aromatic rings. The van der Waals surface area contributed by atoms with Crippen molar-refractivity contribution >= 4 is 17.2 Å². The van der Waals surface area contributed by atoms with Gasteiger partial charge in [-0.15, -0.1) is 0 Å². The molecule has 0 radical (unpaired) electrons. The molecule has 0 aliphatic carbocycles. The lowest BCUT2D eigenvalue weighted by Gasteiger charge is -1.89. The second-order valence-corrected chi connectivity index (χ2v) is 1.77. The van der Waals surface area contributed by atoms with Gasteiger partial charge in [-0.25, -0.2) is 15.0 Å². The fourth-order valence-electron chi connectivity index (χ4n) is 0.366. The van der Waals surface area contributed by atoms with Gasteiger partial charge >= 0.3 is 0 Å². The van der Waals surface area contributed by atoms with Gasteiger partial charge in [-0.1, -0.05) is 12.2 Å². The number of aromatic nitrogens is 3. The number of thiocarbonyl (C=S) groups is 1. The Kier molecular flexibility index (Phi) is 1.64. The van der Waals surface area contributed by atoms with Crippen molar-refractivity contribution < 1.29 is 0 Å². The van der Waals surface area contributed by atoms with Crippen LogP contribution in [0.1, 0.15) is 5.82 Å². The summed E-state index contributed by atoms with van der Waals surface area (Å²) in [5.74, 6) is 0.361. The zero-order chi connectivity index (χ0) is 6.69. The summed E-state index contributed by atoms with van der Waals surface area (Å²) in [5.41, 5.74) is 5.19. The van der Waals surface area contributed by atoms with Crippen LogP contribution in [0.2, 0.25) is 0 Å². The van der Waals surface area contributed by atoms with Crippen LogP contribution < -0.4 is 5.73 Å². The van der Waals surface area contributed by atoms with Crippen LogP contribution in [0.25, 0.3) is 0 Å². The molecule has 0 bridgehead atoms. The number of nitrogens with zero attached hydrogens (tertiary/aromatic N) is 3. The van der Waals surface area contributed by atoms with E-state index in [1.165, 1.54) is 12.7 Å². The van der Waals surface area contributed by atoms with Crippen molar-refractivity contribution in [3.8, 4) is 0 Å². The van der Waals surface area contributed by atoms with Crippen LogP contribution in [0, 0.1) is 0 Å². The van der Waals surface area contributed by atoms with Crippen molar-refractivity contribution in [2.45, 2.75) is 0 Å². The van der Waals surface area contributed by atoms with E-state index in [2.05, 4.69) is 27.2 Å². The molecule has 1 rings (SSSR count). The highest BCUT2D eigenvalue weighted by molar-refractivity contribution is 7.80. The standard InChI is InChI=1S/C4H4N4S/c5-3(9)4-7-1-6-2-8-4/h1-2H,(H2,5,9). The maximum atomic E-state index is 5.19. The zero-order valence-electron chi connectivity index (χ0n) is 4.48. The lowest BCUT2D eigenvalue weighted by molar-refractivity contribution is 1.03. The van der Waals surface area contributed by atoms with Gasteiger partial charge in [0.2, 0.25) is 0 Å². The molecule has 0 saturated heterocycles. The van der Waals surface area contributed by atoms with E-state index >= 15 is 0 Å². The summed E-state index contributed by atoms with van der Waals surface area (Å²) in [5, 5.41) is 0. The van der Waals surface area contributed by atoms with E-state index in [0.29, 0.717) is 5.82 Å². The van der Waals surface area contributed by atoms with Crippen LogP contribution in [0.3, 0.4) is 0 Å². The predicted molar refractivity (Wildman–Crippen MR) is 35.7 cm³/mol. The number of hydrogen-bond donors (Lipinski definition) is 1. The van der Waals surface area contributed by atoms with Gasteiger partial charge in [0.25, 0.3) is 0 Å². The summed E-state index contributed by atoms with van der Waals surface area (Å²) >= 11 is 4.59. The maximum absolute atomic E-state index is 5.19. The molecule has 1 aromatic heterocycles. The van der Waals surface area contributed by atoms with Gasteiger partial charge in [-0.2, -0.15) is 0 Å². The molecule has 0 aliphatic rings. The van der Waals surface area contributed by atoms with Crippen molar-refractivity contribution in [2.75, 3.05) is 0 Å². The second kappa shape index (κ2) is 2.45. The van der Waals surface area contributed by atoms with Gasteiger partial charge in [0.15, 0.2) is 5.82 Å². The van der Waals surface area contributed by atoms with Crippen LogP contribution in [-0.2, 0) is 0 Å². The van der Waals surface area contributed by atoms with Crippen molar-refractivity contribution in [3.05, 3.63) is 18.5 Å². The van der Waals surface area contributed by atoms with Gasteiger partial charge < -0.3 is 5.73 Å². The topological polar surface area (TPSA) is 64.7 Å². The SMILES string of the molecule is NC(=S)c1ncncn1. The van der Waals surface area contributed by atoms with Crippen LogP contribution in [0.15, 0.2) is 12.7 Å². The third-order valence-corrected chi connectivity index (χ3v) is 0.896. The number of nitrogens with two attached hydrogens (primary N) is 1. The molecule has 0 spiro atoms. The minimum absolute atomic E-state index is 0.192. The van der Waals surface area contributed by atoms with Gasteiger partial charge in [0.05, 0.1) is 0 Å². The summed E-state index contributed by atoms with van der Waals surface area (Å²) in [6.07, 6.45) is 2.70. The molecule has 4 nitrogen and oxygen atoms in total. The van der Waals surface area contributed by atoms with Crippen molar-refractivity contribution in [2.24, 2.45) is 5.73 Å². The maximum Gasteiger partial charge on any atom is 0.189 e. The molecule has 0 aromatic carbocycles. The largest absolute Gasteiger partial charge is 0.387 e. The molecule has 46 valence electrons. The number of rotatable bonds is 1. The molecule has 0 amide bonds. The highest BCUT2D eigenvalue weighted by Crippen LogP contribution is 1.81. The molecule has 0 unspecified atom stereocenters. The third kappa shape index (κ3) is 1.39. The van der Waals surface area contributed by atoms with E-state index < -0.39 is 0 Å². The monoisotopic (exact) mass is 140 g/mol. The summed E-state index contributed by atoms with van der Waals surface area (Å²) < 4.78 is 0. The fourth-order valence-corrected chi connectivity index (χ4v) is 0.472. The summed E-state index contributed by atoms with van der Waals surface area (Å²) in [6.45, 7) is 0. The summed E-state index contributed by atoms with van der Waals surface area (Å²) in [4.78, 5) is 11.2. The van der Waals surface area contributed by atoms with Gasteiger partial charge in [-0.3, -0.25) is 0 Å². The molecule has 5 heteroatoms. The van der Waals surface area contributed by atoms with Crippen LogP contribution in [0.4, 0.5) is 0 Å². The Morgan fingerprint density at radius 1 is 1.44 bits per heavy atom. The molecule has 0 aliphatic heterocycles.